The van der Waals surface area contributed by atoms with E-state index in [1.165, 1.54) is 81.8 Å². The molecule has 1 aromatic rings. The second-order valence-corrected chi connectivity index (χ2v) is 11.7. The highest BCUT2D eigenvalue weighted by Gasteiger charge is 2.32. The van der Waals surface area contributed by atoms with E-state index in [9.17, 15) is 9.59 Å². The summed E-state index contributed by atoms with van der Waals surface area (Å²) in [6.45, 7) is 2.22. The minimum absolute atomic E-state index is 0.289. The molecule has 0 spiro atoms. The molecule has 2 heteroatoms. The Hall–Kier alpha value is -1.44. The number of hydrogen-bond acceptors (Lipinski definition) is 2. The number of carbonyl (C=O) groups excluding carboxylic acids is 2. The molecule has 0 bridgehead atoms. The van der Waals surface area contributed by atoms with Crippen LogP contribution in [0.25, 0.3) is 0 Å². The number of hydrogen-bond donors (Lipinski definition) is 0. The van der Waals surface area contributed by atoms with Crippen LogP contribution < -0.4 is 0 Å². The summed E-state index contributed by atoms with van der Waals surface area (Å²) in [7, 11) is 0. The first-order valence-electron chi connectivity index (χ1n) is 14.2. The van der Waals surface area contributed by atoms with Crippen molar-refractivity contribution in [1.82, 2.24) is 0 Å². The molecular formula is C31H46O2. The summed E-state index contributed by atoms with van der Waals surface area (Å²) in [4.78, 5) is 25.5. The molecule has 3 unspecified atom stereocenters. The molecule has 182 valence electrons. The predicted octanol–water partition coefficient (Wildman–Crippen LogP) is 8.04. The third-order valence-corrected chi connectivity index (χ3v) is 9.37. The van der Waals surface area contributed by atoms with E-state index in [1.807, 2.05) is 0 Å². The van der Waals surface area contributed by atoms with Crippen LogP contribution in [0.5, 0.6) is 0 Å². The first-order chi connectivity index (χ1) is 16.1. The lowest BCUT2D eigenvalue weighted by atomic mass is 9.75. The maximum Gasteiger partial charge on any atom is 0.135 e. The van der Waals surface area contributed by atoms with Crippen molar-refractivity contribution in [3.8, 4) is 0 Å². The smallest absolute Gasteiger partial charge is 0.135 e. The van der Waals surface area contributed by atoms with Crippen molar-refractivity contribution in [2.45, 2.75) is 116 Å². The van der Waals surface area contributed by atoms with Gasteiger partial charge in [0.15, 0.2) is 0 Å². The van der Waals surface area contributed by atoms with Crippen molar-refractivity contribution < 1.29 is 9.59 Å². The molecule has 3 atom stereocenters. The number of rotatable bonds is 9. The lowest BCUT2D eigenvalue weighted by Gasteiger charge is -2.30. The van der Waals surface area contributed by atoms with Gasteiger partial charge < -0.3 is 0 Å². The molecule has 0 radical (unpaired) electrons. The van der Waals surface area contributed by atoms with Crippen LogP contribution in [0.2, 0.25) is 0 Å². The van der Waals surface area contributed by atoms with Gasteiger partial charge in [0.05, 0.1) is 0 Å². The van der Waals surface area contributed by atoms with E-state index in [4.69, 9.17) is 0 Å². The number of aryl methyl sites for hydroxylation is 1. The summed E-state index contributed by atoms with van der Waals surface area (Å²) < 4.78 is 0. The van der Waals surface area contributed by atoms with Crippen LogP contribution in [0.15, 0.2) is 24.3 Å². The Labute approximate surface area is 202 Å². The molecule has 33 heavy (non-hydrogen) atoms. The van der Waals surface area contributed by atoms with E-state index in [0.717, 1.165) is 43.4 Å². The van der Waals surface area contributed by atoms with E-state index in [-0.39, 0.29) is 5.92 Å². The van der Waals surface area contributed by atoms with E-state index < -0.39 is 0 Å². The molecule has 4 rings (SSSR count). The van der Waals surface area contributed by atoms with Crippen LogP contribution in [0.3, 0.4) is 0 Å². The molecule has 0 N–H and O–H groups in total. The third kappa shape index (κ3) is 7.27. The first-order valence-corrected chi connectivity index (χ1v) is 14.2. The van der Waals surface area contributed by atoms with Crippen LogP contribution >= 0.6 is 0 Å². The highest BCUT2D eigenvalue weighted by atomic mass is 16.1. The Morgan fingerprint density at radius 2 is 1.48 bits per heavy atom. The van der Waals surface area contributed by atoms with Gasteiger partial charge in [0, 0.05) is 25.2 Å². The third-order valence-electron chi connectivity index (χ3n) is 9.37. The molecule has 3 saturated carbocycles. The molecule has 1 aromatic carbocycles. The van der Waals surface area contributed by atoms with Crippen molar-refractivity contribution in [2.75, 3.05) is 0 Å². The number of Topliss-reactive ketones (excluding diaryl/α,β-unsaturated/α-hetero) is 2. The minimum Gasteiger partial charge on any atom is -0.300 e. The van der Waals surface area contributed by atoms with Gasteiger partial charge in [-0.2, -0.15) is 0 Å². The van der Waals surface area contributed by atoms with Crippen molar-refractivity contribution in [1.29, 1.82) is 0 Å². The molecule has 3 fully saturated rings. The molecule has 0 aliphatic heterocycles. The molecular weight excluding hydrogens is 404 g/mol. The van der Waals surface area contributed by atoms with Gasteiger partial charge in [-0.1, -0.05) is 62.8 Å². The molecule has 3 aliphatic carbocycles. The lowest BCUT2D eigenvalue weighted by Crippen LogP contribution is -2.22. The maximum atomic E-state index is 12.9. The maximum absolute atomic E-state index is 12.9. The average Bonchev–Trinajstić information content (AvgIpc) is 3.04. The summed E-state index contributed by atoms with van der Waals surface area (Å²) in [6, 6.07) is 8.76. The zero-order valence-corrected chi connectivity index (χ0v) is 21.0. The van der Waals surface area contributed by atoms with E-state index >= 15 is 0 Å². The zero-order valence-electron chi connectivity index (χ0n) is 21.0. The van der Waals surface area contributed by atoms with Crippen LogP contribution in [-0.4, -0.2) is 11.6 Å². The van der Waals surface area contributed by atoms with Crippen LogP contribution in [0.4, 0.5) is 0 Å². The van der Waals surface area contributed by atoms with Gasteiger partial charge in [-0.3, -0.25) is 9.59 Å². The lowest BCUT2D eigenvalue weighted by molar-refractivity contribution is -0.124. The van der Waals surface area contributed by atoms with Crippen molar-refractivity contribution >= 4 is 11.6 Å². The summed E-state index contributed by atoms with van der Waals surface area (Å²) in [5.41, 5.74) is 2.90. The van der Waals surface area contributed by atoms with Gasteiger partial charge in [0.25, 0.3) is 0 Å². The fourth-order valence-corrected chi connectivity index (χ4v) is 7.25. The molecule has 0 heterocycles. The summed E-state index contributed by atoms with van der Waals surface area (Å²) in [5.74, 6) is 4.20. The van der Waals surface area contributed by atoms with Gasteiger partial charge in [-0.25, -0.2) is 0 Å². The monoisotopic (exact) mass is 450 g/mol. The molecule has 0 amide bonds. The molecule has 0 aromatic heterocycles. The number of carbonyl (C=O) groups is 2. The fourth-order valence-electron chi connectivity index (χ4n) is 7.25. The average molecular weight is 451 g/mol. The SMILES string of the molecule is Cc1ccccc1CC1CCC(CC(=O)CCCC(=O)C2CCCC3CCCCC3C2)CC1. The molecule has 0 saturated heterocycles. The van der Waals surface area contributed by atoms with Crippen LogP contribution in [0.1, 0.15) is 114 Å². The Morgan fingerprint density at radius 3 is 2.27 bits per heavy atom. The van der Waals surface area contributed by atoms with E-state index in [0.29, 0.717) is 30.3 Å². The van der Waals surface area contributed by atoms with Crippen LogP contribution in [0, 0.1) is 36.5 Å². The highest BCUT2D eigenvalue weighted by molar-refractivity contribution is 5.82. The Balaban J connectivity index is 1.12. The Kier molecular flexibility index (Phi) is 9.21. The Bertz CT molecular complexity index is 773. The van der Waals surface area contributed by atoms with Crippen LogP contribution in [-0.2, 0) is 16.0 Å². The number of ketones is 2. The van der Waals surface area contributed by atoms with Crippen molar-refractivity contribution in [3.63, 3.8) is 0 Å². The van der Waals surface area contributed by atoms with E-state index in [1.54, 1.807) is 0 Å². The van der Waals surface area contributed by atoms with Gasteiger partial charge in [-0.15, -0.1) is 0 Å². The van der Waals surface area contributed by atoms with Crippen molar-refractivity contribution in [2.24, 2.45) is 29.6 Å². The number of fused-ring (bicyclic) bond motifs is 1. The zero-order chi connectivity index (χ0) is 23.0. The van der Waals surface area contributed by atoms with Gasteiger partial charge in [0.2, 0.25) is 0 Å². The normalized spacial score (nSPS) is 30.3. The highest BCUT2D eigenvalue weighted by Crippen LogP contribution is 2.41. The van der Waals surface area contributed by atoms with E-state index in [2.05, 4.69) is 31.2 Å². The quantitative estimate of drug-likeness (QED) is 0.381. The largest absolute Gasteiger partial charge is 0.300 e. The summed E-state index contributed by atoms with van der Waals surface area (Å²) in [5, 5.41) is 0. The summed E-state index contributed by atoms with van der Waals surface area (Å²) in [6.07, 6.45) is 19.2. The number of benzene rings is 1. The molecule has 2 nitrogen and oxygen atoms in total. The predicted molar refractivity (Wildman–Crippen MR) is 136 cm³/mol. The van der Waals surface area contributed by atoms with Crippen molar-refractivity contribution in [3.05, 3.63) is 35.4 Å². The minimum atomic E-state index is 0.289. The standard InChI is InChI=1S/C31H46O2/c1-23-8-2-3-10-27(23)20-24-16-18-25(19-17-24)21-30(32)14-7-15-31(33)29-13-6-12-26-9-4-5-11-28(26)22-29/h2-3,8,10,24-26,28-29H,4-7,9,11-22H2,1H3. The fraction of sp³-hybridized carbons (Fsp3) is 0.742. The molecule has 3 aliphatic rings. The second-order valence-electron chi connectivity index (χ2n) is 11.7. The van der Waals surface area contributed by atoms with Gasteiger partial charge in [-0.05, 0) is 93.1 Å². The second kappa shape index (κ2) is 12.3. The topological polar surface area (TPSA) is 34.1 Å². The Morgan fingerprint density at radius 1 is 0.788 bits per heavy atom. The van der Waals surface area contributed by atoms with Gasteiger partial charge >= 0.3 is 0 Å². The van der Waals surface area contributed by atoms with Gasteiger partial charge in [0.1, 0.15) is 11.6 Å². The first kappa shape index (κ1) is 24.7. The summed E-state index contributed by atoms with van der Waals surface area (Å²) >= 11 is 0.